The van der Waals surface area contributed by atoms with Gasteiger partial charge in [0.25, 0.3) is 0 Å². The summed E-state index contributed by atoms with van der Waals surface area (Å²) in [5.74, 6) is -0.599. The summed E-state index contributed by atoms with van der Waals surface area (Å²) in [6.07, 6.45) is 7.35. The molecule has 180 valence electrons. The second-order valence-electron chi connectivity index (χ2n) is 5.91. The van der Waals surface area contributed by atoms with Crippen molar-refractivity contribution in [1.29, 1.82) is 0 Å². The minimum absolute atomic E-state index is 0. The van der Waals surface area contributed by atoms with E-state index in [1.54, 1.807) is 6.92 Å². The first-order valence-corrected chi connectivity index (χ1v) is 10.8. The third kappa shape index (κ3) is 91.0. The van der Waals surface area contributed by atoms with Gasteiger partial charge in [-0.1, -0.05) is 79.1 Å². The molecular formula is C22H46O7Zr. The Morgan fingerprint density at radius 1 is 0.633 bits per heavy atom. The Bertz CT molecular complexity index is 246. The zero-order valence-corrected chi connectivity index (χ0v) is 22.7. The molecule has 8 heteroatoms. The molecule has 0 spiro atoms. The molecule has 0 rings (SSSR count). The maximum Gasteiger partial charge on any atom is 4.00 e. The summed E-state index contributed by atoms with van der Waals surface area (Å²) in [5.41, 5.74) is 0. The van der Waals surface area contributed by atoms with Gasteiger partial charge in [-0.25, -0.2) is 0 Å². The van der Waals surface area contributed by atoms with Crippen molar-refractivity contribution in [1.82, 2.24) is 0 Å². The quantitative estimate of drug-likeness (QED) is 0.298. The van der Waals surface area contributed by atoms with Crippen molar-refractivity contribution < 1.29 is 61.0 Å². The van der Waals surface area contributed by atoms with Crippen LogP contribution >= 0.6 is 0 Å². The molecule has 0 aliphatic rings. The fourth-order valence-corrected chi connectivity index (χ4v) is 0.993. The summed E-state index contributed by atoms with van der Waals surface area (Å²) >= 11 is 0. The van der Waals surface area contributed by atoms with Crippen LogP contribution in [0, 0.1) is 0 Å². The van der Waals surface area contributed by atoms with E-state index in [1.165, 1.54) is 6.92 Å². The normalized spacial score (nSPS) is 8.20. The van der Waals surface area contributed by atoms with Gasteiger partial charge < -0.3 is 25.2 Å². The summed E-state index contributed by atoms with van der Waals surface area (Å²) in [6.45, 7) is 11.8. The molecule has 0 aromatic heterocycles. The second kappa shape index (κ2) is 51.5. The standard InChI is InChI=1S/C6H10O3.4C4H9O.Zr/c1-3-9-6(8)4-5(2)7;4*1-2-3-4-5;/h3-4H2,1-2H3;4*2-4H2,1H3;/q;4*-1;+4. The number of hydrogen-bond donors (Lipinski definition) is 0. The van der Waals surface area contributed by atoms with E-state index in [4.69, 9.17) is 0 Å². The largest absolute Gasteiger partial charge is 4.00 e. The van der Waals surface area contributed by atoms with Crippen molar-refractivity contribution >= 4 is 11.8 Å². The second-order valence-corrected chi connectivity index (χ2v) is 5.91. The number of carbonyl (C=O) groups excluding carboxylic acids is 2. The number of rotatable bonds is 11. The van der Waals surface area contributed by atoms with Gasteiger partial charge in [0.05, 0.1) is 6.61 Å². The summed E-state index contributed by atoms with van der Waals surface area (Å²) < 4.78 is 4.49. The molecule has 0 fully saturated rings. The van der Waals surface area contributed by atoms with Gasteiger partial charge in [-0.3, -0.25) is 9.59 Å². The smallest absolute Gasteiger partial charge is 0.854 e. The maximum absolute atomic E-state index is 10.4. The monoisotopic (exact) mass is 512 g/mol. The van der Waals surface area contributed by atoms with Gasteiger partial charge in [0, 0.05) is 0 Å². The van der Waals surface area contributed by atoms with Crippen molar-refractivity contribution in [3.05, 3.63) is 0 Å². The molecule has 0 aromatic carbocycles. The van der Waals surface area contributed by atoms with E-state index >= 15 is 0 Å². The third-order valence-corrected chi connectivity index (χ3v) is 2.69. The molecule has 7 nitrogen and oxygen atoms in total. The summed E-state index contributed by atoms with van der Waals surface area (Å²) in [7, 11) is 0. The van der Waals surface area contributed by atoms with Gasteiger partial charge in [0.2, 0.25) is 0 Å². The molecule has 0 unspecified atom stereocenters. The number of Topliss-reactive ketones (excluding diaryl/α,β-unsaturated/α-hetero) is 1. The minimum Gasteiger partial charge on any atom is -0.854 e. The zero-order chi connectivity index (χ0) is 23.8. The molecule has 0 aliphatic heterocycles. The Morgan fingerprint density at radius 2 is 0.900 bits per heavy atom. The van der Waals surface area contributed by atoms with Crippen LogP contribution in [0.3, 0.4) is 0 Å². The molecule has 0 heterocycles. The Morgan fingerprint density at radius 3 is 1.00 bits per heavy atom. The third-order valence-electron chi connectivity index (χ3n) is 2.69. The summed E-state index contributed by atoms with van der Waals surface area (Å²) in [4.78, 5) is 20.6. The molecule has 0 amide bonds. The van der Waals surface area contributed by atoms with E-state index in [-0.39, 0.29) is 64.8 Å². The van der Waals surface area contributed by atoms with Gasteiger partial charge in [-0.05, 0) is 13.8 Å². The van der Waals surface area contributed by atoms with Crippen molar-refractivity contribution in [3.63, 3.8) is 0 Å². The van der Waals surface area contributed by atoms with E-state index in [2.05, 4.69) is 4.74 Å². The maximum atomic E-state index is 10.4. The van der Waals surface area contributed by atoms with Crippen LogP contribution in [0.4, 0.5) is 0 Å². The number of carbonyl (C=O) groups is 2. The number of esters is 1. The predicted octanol–water partition coefficient (Wildman–Crippen LogP) is 1.11. The number of unbranched alkanes of at least 4 members (excludes halogenated alkanes) is 4. The van der Waals surface area contributed by atoms with Crippen LogP contribution in [0.15, 0.2) is 0 Å². The fourth-order valence-electron chi connectivity index (χ4n) is 0.993. The van der Waals surface area contributed by atoms with Gasteiger partial charge in [0.1, 0.15) is 12.2 Å². The Kier molecular flexibility index (Phi) is 75.0. The van der Waals surface area contributed by atoms with Crippen molar-refractivity contribution in [2.75, 3.05) is 33.0 Å². The number of ketones is 1. The van der Waals surface area contributed by atoms with E-state index in [0.29, 0.717) is 6.61 Å². The minimum atomic E-state index is -0.440. The molecule has 0 saturated carbocycles. The molecule has 0 radical (unpaired) electrons. The molecular weight excluding hydrogens is 467 g/mol. The van der Waals surface area contributed by atoms with Crippen LogP contribution in [0.2, 0.25) is 0 Å². The Balaban J connectivity index is -0.0000000613. The van der Waals surface area contributed by atoms with Crippen molar-refractivity contribution in [2.45, 2.75) is 99.3 Å². The van der Waals surface area contributed by atoms with Gasteiger partial charge in [-0.15, -0.1) is 26.4 Å². The Hall–Kier alpha value is -0.137. The molecule has 0 N–H and O–H groups in total. The van der Waals surface area contributed by atoms with Crippen LogP contribution in [0.5, 0.6) is 0 Å². The van der Waals surface area contributed by atoms with Crippen molar-refractivity contribution in [3.8, 4) is 0 Å². The average molecular weight is 514 g/mol. The number of hydrogen-bond acceptors (Lipinski definition) is 7. The van der Waals surface area contributed by atoms with Crippen LogP contribution < -0.4 is 20.4 Å². The van der Waals surface area contributed by atoms with Gasteiger partial charge >= 0.3 is 32.2 Å². The topological polar surface area (TPSA) is 136 Å². The first kappa shape index (κ1) is 43.7. The van der Waals surface area contributed by atoms with E-state index in [9.17, 15) is 30.0 Å². The summed E-state index contributed by atoms with van der Waals surface area (Å²) in [6, 6.07) is 0. The molecule has 0 bridgehead atoms. The summed E-state index contributed by atoms with van der Waals surface area (Å²) in [5, 5.41) is 38.1. The van der Waals surface area contributed by atoms with E-state index in [1.807, 2.05) is 27.7 Å². The molecule has 0 aliphatic carbocycles. The molecule has 0 atom stereocenters. The van der Waals surface area contributed by atoms with Crippen LogP contribution in [0.25, 0.3) is 0 Å². The molecule has 0 aromatic rings. The van der Waals surface area contributed by atoms with Crippen LogP contribution in [0.1, 0.15) is 99.3 Å². The average Bonchev–Trinajstić information content (AvgIpc) is 2.66. The fraction of sp³-hybridized carbons (Fsp3) is 0.909. The Labute approximate surface area is 204 Å². The molecule has 0 saturated heterocycles. The van der Waals surface area contributed by atoms with Crippen molar-refractivity contribution in [2.24, 2.45) is 0 Å². The van der Waals surface area contributed by atoms with Gasteiger partial charge in [-0.2, -0.15) is 0 Å². The molecule has 30 heavy (non-hydrogen) atoms. The zero-order valence-electron chi connectivity index (χ0n) is 20.3. The SMILES string of the molecule is CCCC[O-].CCCC[O-].CCCC[O-].CCCC[O-].CCOC(=O)CC(C)=O.[Zr+4]. The first-order chi connectivity index (χ1) is 13.8. The predicted molar refractivity (Wildman–Crippen MR) is 111 cm³/mol. The van der Waals surface area contributed by atoms with Crippen LogP contribution in [-0.4, -0.2) is 44.8 Å². The number of ether oxygens (including phenoxy) is 1. The van der Waals surface area contributed by atoms with E-state index in [0.717, 1.165) is 51.4 Å². The van der Waals surface area contributed by atoms with E-state index < -0.39 is 5.97 Å². The first-order valence-electron chi connectivity index (χ1n) is 10.8. The van der Waals surface area contributed by atoms with Crippen LogP contribution in [-0.2, 0) is 40.5 Å². The van der Waals surface area contributed by atoms with Gasteiger partial charge in [0.15, 0.2) is 0 Å².